The summed E-state index contributed by atoms with van der Waals surface area (Å²) in [5.74, 6) is 0.108. The first-order valence-corrected chi connectivity index (χ1v) is 9.46. The molecule has 2 amide bonds. The molecule has 3 rings (SSSR count). The summed E-state index contributed by atoms with van der Waals surface area (Å²) in [6.45, 7) is 6.21. The molecule has 8 nitrogen and oxygen atoms in total. The Morgan fingerprint density at radius 1 is 1.31 bits per heavy atom. The average Bonchev–Trinajstić information content (AvgIpc) is 3.10. The van der Waals surface area contributed by atoms with Crippen LogP contribution in [-0.4, -0.2) is 82.9 Å². The van der Waals surface area contributed by atoms with E-state index in [1.54, 1.807) is 24.1 Å². The Morgan fingerprint density at radius 3 is 2.73 bits per heavy atom. The van der Waals surface area contributed by atoms with Crippen LogP contribution >= 0.6 is 0 Å². The number of hydrogen-bond acceptors (Lipinski definition) is 5. The molecule has 0 aromatic carbocycles. The molecule has 2 aliphatic heterocycles. The lowest BCUT2D eigenvalue weighted by Crippen LogP contribution is -2.51. The third-order valence-corrected chi connectivity index (χ3v) is 5.20. The lowest BCUT2D eigenvalue weighted by molar-refractivity contribution is -0.140. The number of rotatable bonds is 5. The van der Waals surface area contributed by atoms with Gasteiger partial charge in [0.1, 0.15) is 0 Å². The third kappa shape index (κ3) is 4.82. The summed E-state index contributed by atoms with van der Waals surface area (Å²) in [7, 11) is 1.80. The Morgan fingerprint density at radius 2 is 2.08 bits per heavy atom. The van der Waals surface area contributed by atoms with Gasteiger partial charge in [0.05, 0.1) is 31.0 Å². The molecule has 1 aromatic rings. The number of carbonyl (C=O) groups is 2. The maximum Gasteiger partial charge on any atom is 0.254 e. The van der Waals surface area contributed by atoms with Gasteiger partial charge in [0.15, 0.2) is 0 Å². The fourth-order valence-corrected chi connectivity index (χ4v) is 3.53. The highest BCUT2D eigenvalue weighted by atomic mass is 16.5. The molecular weight excluding hydrogens is 334 g/mol. The van der Waals surface area contributed by atoms with E-state index in [9.17, 15) is 9.59 Å². The van der Waals surface area contributed by atoms with Crippen LogP contribution in [0.4, 0.5) is 0 Å². The molecule has 26 heavy (non-hydrogen) atoms. The van der Waals surface area contributed by atoms with E-state index in [1.807, 2.05) is 4.90 Å². The SMILES string of the molecule is CCC1CN(C(=O)CN2CCC(NC(=O)c3cnn(C)c3)CC2)CCO1. The van der Waals surface area contributed by atoms with E-state index in [2.05, 4.69) is 22.2 Å². The summed E-state index contributed by atoms with van der Waals surface area (Å²) in [6, 6.07) is 0.155. The Bertz CT molecular complexity index is 624. The van der Waals surface area contributed by atoms with E-state index >= 15 is 0 Å². The standard InChI is InChI=1S/C18H29N5O3/c1-3-16-12-23(8-9-26-16)17(24)13-22-6-4-15(5-7-22)20-18(25)14-10-19-21(2)11-14/h10-11,15-16H,3-9,12-13H2,1-2H3,(H,20,25). The monoisotopic (exact) mass is 363 g/mol. The maximum absolute atomic E-state index is 12.5. The minimum Gasteiger partial charge on any atom is -0.375 e. The van der Waals surface area contributed by atoms with Crippen LogP contribution in [0.3, 0.4) is 0 Å². The van der Waals surface area contributed by atoms with Crippen molar-refractivity contribution < 1.29 is 14.3 Å². The molecule has 0 aliphatic carbocycles. The summed E-state index contributed by atoms with van der Waals surface area (Å²) in [5, 5.41) is 7.10. The number of aryl methyl sites for hydroxylation is 1. The van der Waals surface area contributed by atoms with Gasteiger partial charge in [-0.25, -0.2) is 0 Å². The van der Waals surface area contributed by atoms with Crippen molar-refractivity contribution >= 4 is 11.8 Å². The van der Waals surface area contributed by atoms with Gasteiger partial charge in [-0.1, -0.05) is 6.92 Å². The second-order valence-corrected chi connectivity index (χ2v) is 7.17. The van der Waals surface area contributed by atoms with Gasteiger partial charge in [0.25, 0.3) is 5.91 Å². The predicted molar refractivity (Wildman–Crippen MR) is 96.7 cm³/mol. The normalized spacial score (nSPS) is 22.4. The highest BCUT2D eigenvalue weighted by molar-refractivity contribution is 5.93. The van der Waals surface area contributed by atoms with Crippen LogP contribution in [0, 0.1) is 0 Å². The largest absolute Gasteiger partial charge is 0.375 e. The molecule has 0 radical (unpaired) electrons. The van der Waals surface area contributed by atoms with Gasteiger partial charge >= 0.3 is 0 Å². The van der Waals surface area contributed by atoms with Crippen LogP contribution < -0.4 is 5.32 Å². The number of hydrogen-bond donors (Lipinski definition) is 1. The van der Waals surface area contributed by atoms with Gasteiger partial charge in [0.2, 0.25) is 5.91 Å². The predicted octanol–water partition coefficient (Wildman–Crippen LogP) is 0.252. The van der Waals surface area contributed by atoms with E-state index in [-0.39, 0.29) is 24.0 Å². The molecule has 1 atom stereocenters. The zero-order valence-corrected chi connectivity index (χ0v) is 15.7. The summed E-state index contributed by atoms with van der Waals surface area (Å²) < 4.78 is 7.26. The second-order valence-electron chi connectivity index (χ2n) is 7.17. The number of aromatic nitrogens is 2. The minimum absolute atomic E-state index is 0.0773. The van der Waals surface area contributed by atoms with Crippen molar-refractivity contribution in [3.05, 3.63) is 18.0 Å². The Labute approximate surface area is 154 Å². The smallest absolute Gasteiger partial charge is 0.254 e. The van der Waals surface area contributed by atoms with Gasteiger partial charge in [-0.05, 0) is 19.3 Å². The van der Waals surface area contributed by atoms with Crippen LogP contribution in [0.2, 0.25) is 0 Å². The van der Waals surface area contributed by atoms with Gasteiger partial charge in [-0.15, -0.1) is 0 Å². The van der Waals surface area contributed by atoms with Crippen LogP contribution in [0.1, 0.15) is 36.5 Å². The van der Waals surface area contributed by atoms with Crippen molar-refractivity contribution in [1.29, 1.82) is 0 Å². The van der Waals surface area contributed by atoms with Crippen molar-refractivity contribution in [2.75, 3.05) is 39.3 Å². The highest BCUT2D eigenvalue weighted by Gasteiger charge is 2.27. The topological polar surface area (TPSA) is 79.7 Å². The molecule has 0 saturated carbocycles. The number of amides is 2. The molecule has 2 saturated heterocycles. The number of nitrogens with one attached hydrogen (secondary N) is 1. The van der Waals surface area contributed by atoms with E-state index in [4.69, 9.17) is 4.74 Å². The van der Waals surface area contributed by atoms with E-state index in [1.165, 1.54) is 0 Å². The first-order valence-electron chi connectivity index (χ1n) is 9.46. The molecular formula is C18H29N5O3. The first kappa shape index (κ1) is 18.8. The third-order valence-electron chi connectivity index (χ3n) is 5.20. The first-order chi connectivity index (χ1) is 12.5. The zero-order chi connectivity index (χ0) is 18.5. The molecule has 0 spiro atoms. The second kappa shape index (κ2) is 8.64. The van der Waals surface area contributed by atoms with Crippen LogP contribution in [0.25, 0.3) is 0 Å². The number of nitrogens with zero attached hydrogens (tertiary/aromatic N) is 4. The number of likely N-dealkylation sites (tertiary alicyclic amines) is 1. The van der Waals surface area contributed by atoms with Crippen molar-refractivity contribution in [2.24, 2.45) is 7.05 Å². The quantitative estimate of drug-likeness (QED) is 0.811. The van der Waals surface area contributed by atoms with Gasteiger partial charge < -0.3 is 15.0 Å². The fraction of sp³-hybridized carbons (Fsp3) is 0.722. The summed E-state index contributed by atoms with van der Waals surface area (Å²) in [5.41, 5.74) is 0.586. The van der Waals surface area contributed by atoms with Crippen LogP contribution in [0.5, 0.6) is 0 Å². The number of ether oxygens (including phenoxy) is 1. The van der Waals surface area contributed by atoms with Crippen molar-refractivity contribution in [3.63, 3.8) is 0 Å². The highest BCUT2D eigenvalue weighted by Crippen LogP contribution is 2.13. The fourth-order valence-electron chi connectivity index (χ4n) is 3.53. The molecule has 1 aromatic heterocycles. The number of carbonyl (C=O) groups excluding carboxylic acids is 2. The molecule has 2 fully saturated rings. The van der Waals surface area contributed by atoms with E-state index in [0.29, 0.717) is 31.8 Å². The average molecular weight is 363 g/mol. The molecule has 144 valence electrons. The Hall–Kier alpha value is -1.93. The molecule has 0 bridgehead atoms. The molecule has 8 heteroatoms. The van der Waals surface area contributed by atoms with Crippen LogP contribution in [0.15, 0.2) is 12.4 Å². The number of morpholine rings is 1. The summed E-state index contributed by atoms with van der Waals surface area (Å²) in [4.78, 5) is 28.8. The minimum atomic E-state index is -0.0773. The van der Waals surface area contributed by atoms with Gasteiger partial charge in [0, 0.05) is 45.5 Å². The molecule has 1 unspecified atom stereocenters. The van der Waals surface area contributed by atoms with E-state index < -0.39 is 0 Å². The molecule has 3 heterocycles. The Balaban J connectivity index is 1.40. The maximum atomic E-state index is 12.5. The van der Waals surface area contributed by atoms with Crippen LogP contribution in [-0.2, 0) is 16.6 Å². The van der Waals surface area contributed by atoms with E-state index in [0.717, 1.165) is 32.4 Å². The number of piperidine rings is 1. The van der Waals surface area contributed by atoms with Gasteiger partial charge in [-0.3, -0.25) is 19.2 Å². The summed E-state index contributed by atoms with van der Waals surface area (Å²) >= 11 is 0. The van der Waals surface area contributed by atoms with Crippen molar-refractivity contribution in [3.8, 4) is 0 Å². The van der Waals surface area contributed by atoms with Crippen molar-refractivity contribution in [1.82, 2.24) is 24.9 Å². The zero-order valence-electron chi connectivity index (χ0n) is 15.7. The molecule has 1 N–H and O–H groups in total. The lowest BCUT2D eigenvalue weighted by atomic mass is 10.0. The Kier molecular flexibility index (Phi) is 6.26. The van der Waals surface area contributed by atoms with Crippen molar-refractivity contribution in [2.45, 2.75) is 38.3 Å². The summed E-state index contributed by atoms with van der Waals surface area (Å²) in [6.07, 6.45) is 6.12. The lowest BCUT2D eigenvalue weighted by Gasteiger charge is -2.36. The molecule has 2 aliphatic rings. The van der Waals surface area contributed by atoms with Gasteiger partial charge in [-0.2, -0.15) is 5.10 Å².